The fraction of sp³-hybridized carbons (Fsp3) is 0.0536. The average molecular weight is 769 g/mol. The lowest BCUT2D eigenvalue weighted by Gasteiger charge is -2.39. The highest BCUT2D eigenvalue weighted by Crippen LogP contribution is 2.47. The fourth-order valence-corrected chi connectivity index (χ4v) is 9.33. The molecule has 0 bridgehead atoms. The lowest BCUT2D eigenvalue weighted by Crippen LogP contribution is -2.54. The number of nitrogens with zero attached hydrogens (tertiary/aromatic N) is 1. The minimum Gasteiger partial charge on any atom is -0.279 e. The molecule has 0 saturated carbocycles. The van der Waals surface area contributed by atoms with E-state index in [1.807, 2.05) is 24.3 Å². The molecule has 3 N–H and O–H groups in total. The number of fused-ring (bicyclic) bond motifs is 5. The van der Waals surface area contributed by atoms with Crippen molar-refractivity contribution in [2.45, 2.75) is 18.5 Å². The van der Waals surface area contributed by atoms with Crippen molar-refractivity contribution in [2.24, 2.45) is 0 Å². The summed E-state index contributed by atoms with van der Waals surface area (Å²) in [5.74, 6) is 0. The van der Waals surface area contributed by atoms with E-state index >= 15 is 0 Å². The van der Waals surface area contributed by atoms with Gasteiger partial charge in [0.15, 0.2) is 0 Å². The minimum absolute atomic E-state index is 0.0958. The first-order valence-corrected chi connectivity index (χ1v) is 20.6. The molecule has 0 spiro atoms. The summed E-state index contributed by atoms with van der Waals surface area (Å²) in [5.41, 5.74) is 11.3. The van der Waals surface area contributed by atoms with Crippen LogP contribution in [0.2, 0.25) is 0 Å². The van der Waals surface area contributed by atoms with Gasteiger partial charge in [-0.2, -0.15) is 5.26 Å². The van der Waals surface area contributed by atoms with Crippen molar-refractivity contribution in [3.63, 3.8) is 0 Å². The third-order valence-electron chi connectivity index (χ3n) is 12.2. The summed E-state index contributed by atoms with van der Waals surface area (Å²) in [6.45, 7) is 0. The van der Waals surface area contributed by atoms with E-state index in [0.29, 0.717) is 5.56 Å². The molecule has 60 heavy (non-hydrogen) atoms. The van der Waals surface area contributed by atoms with Crippen molar-refractivity contribution in [1.82, 2.24) is 16.0 Å². The molecule has 1 heterocycles. The van der Waals surface area contributed by atoms with Crippen molar-refractivity contribution in [3.8, 4) is 39.4 Å². The summed E-state index contributed by atoms with van der Waals surface area (Å²) in [5, 5.41) is 30.9. The molecule has 10 aromatic rings. The molecule has 0 aromatic heterocycles. The van der Waals surface area contributed by atoms with Crippen molar-refractivity contribution in [1.29, 1.82) is 5.26 Å². The van der Waals surface area contributed by atoms with Gasteiger partial charge in [0.25, 0.3) is 0 Å². The summed E-state index contributed by atoms with van der Waals surface area (Å²) in [6, 6.07) is 76.2. The van der Waals surface area contributed by atoms with Crippen LogP contribution < -0.4 is 16.0 Å². The van der Waals surface area contributed by atoms with E-state index in [1.165, 1.54) is 70.9 Å². The maximum absolute atomic E-state index is 9.35. The average Bonchev–Trinajstić information content (AvgIpc) is 3.33. The zero-order chi connectivity index (χ0) is 40.0. The molecule has 1 fully saturated rings. The van der Waals surface area contributed by atoms with Crippen LogP contribution in [0.3, 0.4) is 0 Å². The topological polar surface area (TPSA) is 59.9 Å². The van der Waals surface area contributed by atoms with Gasteiger partial charge >= 0.3 is 0 Å². The van der Waals surface area contributed by atoms with Gasteiger partial charge < -0.3 is 0 Å². The standard InChI is InChI=1S/C56H40N4/c57-35-36-24-26-37(27-25-36)43-17-10-18-44(34-43)56-59-54(41-14-2-1-3-15-41)58-55(60-56)42-30-28-40(29-31-42)51-48-21-8-9-22-49(48)52(47-23-11-16-38-12-4-6-19-45(38)47)50-33-32-39-13-5-7-20-46(39)53(50)51/h1-34,54-56,58-60H. The predicted molar refractivity (Wildman–Crippen MR) is 248 cm³/mol. The van der Waals surface area contributed by atoms with Gasteiger partial charge in [0.2, 0.25) is 0 Å². The molecule has 1 saturated heterocycles. The molecule has 284 valence electrons. The summed E-state index contributed by atoms with van der Waals surface area (Å²) in [7, 11) is 0. The Balaban J connectivity index is 1.03. The molecule has 0 radical (unpaired) electrons. The molecule has 0 amide bonds. The Bertz CT molecular complexity index is 3250. The Kier molecular flexibility index (Phi) is 8.99. The monoisotopic (exact) mass is 768 g/mol. The fourth-order valence-electron chi connectivity index (χ4n) is 9.33. The number of nitrogens with one attached hydrogen (secondary N) is 3. The number of nitriles is 1. The van der Waals surface area contributed by atoms with E-state index in [-0.39, 0.29) is 18.5 Å². The van der Waals surface area contributed by atoms with Crippen molar-refractivity contribution in [3.05, 3.63) is 229 Å². The third-order valence-corrected chi connectivity index (χ3v) is 12.2. The van der Waals surface area contributed by atoms with E-state index in [1.54, 1.807) is 0 Å². The molecule has 3 unspecified atom stereocenters. The highest BCUT2D eigenvalue weighted by atomic mass is 15.4. The molecule has 10 aromatic carbocycles. The van der Waals surface area contributed by atoms with Crippen LogP contribution in [0.25, 0.3) is 76.5 Å². The number of hydrogen-bond donors (Lipinski definition) is 3. The van der Waals surface area contributed by atoms with Crippen molar-refractivity contribution in [2.75, 3.05) is 0 Å². The van der Waals surface area contributed by atoms with Crippen molar-refractivity contribution >= 4 is 43.1 Å². The van der Waals surface area contributed by atoms with Gasteiger partial charge in [-0.25, -0.2) is 0 Å². The summed E-state index contributed by atoms with van der Waals surface area (Å²) >= 11 is 0. The van der Waals surface area contributed by atoms with Gasteiger partial charge in [-0.1, -0.05) is 188 Å². The van der Waals surface area contributed by atoms with Gasteiger partial charge in [-0.05, 0) is 111 Å². The number of hydrogen-bond acceptors (Lipinski definition) is 4. The van der Waals surface area contributed by atoms with Crippen molar-refractivity contribution < 1.29 is 0 Å². The molecule has 3 atom stereocenters. The van der Waals surface area contributed by atoms with E-state index < -0.39 is 0 Å². The Morgan fingerprint density at radius 3 is 1.60 bits per heavy atom. The van der Waals surface area contributed by atoms with Gasteiger partial charge in [0.1, 0.15) is 0 Å². The zero-order valence-corrected chi connectivity index (χ0v) is 32.8. The van der Waals surface area contributed by atoms with Crippen LogP contribution in [0.1, 0.15) is 40.8 Å². The molecular formula is C56H40N4. The predicted octanol–water partition coefficient (Wildman–Crippen LogP) is 13.4. The van der Waals surface area contributed by atoms with E-state index in [0.717, 1.165) is 22.3 Å². The van der Waals surface area contributed by atoms with Crippen LogP contribution >= 0.6 is 0 Å². The second-order valence-electron chi connectivity index (χ2n) is 15.7. The van der Waals surface area contributed by atoms with E-state index in [2.05, 4.69) is 204 Å². The molecule has 4 nitrogen and oxygen atoms in total. The SMILES string of the molecule is N#Cc1ccc(-c2cccc(C3NC(c4ccccc4)NC(c4ccc(-c5c6ccccc6c(-c6cccc7ccccc67)c6ccc7ccccc7c56)cc4)N3)c2)cc1. The summed E-state index contributed by atoms with van der Waals surface area (Å²) < 4.78 is 0. The molecule has 11 rings (SSSR count). The van der Waals surface area contributed by atoms with E-state index in [9.17, 15) is 5.26 Å². The molecular weight excluding hydrogens is 729 g/mol. The normalized spacial score (nSPS) is 16.6. The second kappa shape index (κ2) is 15.1. The maximum atomic E-state index is 9.35. The molecule has 0 aliphatic carbocycles. The number of rotatable bonds is 6. The second-order valence-corrected chi connectivity index (χ2v) is 15.7. The largest absolute Gasteiger partial charge is 0.279 e. The highest BCUT2D eigenvalue weighted by Gasteiger charge is 2.30. The molecule has 1 aliphatic rings. The van der Waals surface area contributed by atoms with Gasteiger partial charge in [-0.3, -0.25) is 16.0 Å². The lowest BCUT2D eigenvalue weighted by atomic mass is 9.83. The number of benzene rings is 10. The zero-order valence-electron chi connectivity index (χ0n) is 32.8. The van der Waals surface area contributed by atoms with Crippen LogP contribution in [-0.4, -0.2) is 0 Å². The molecule has 1 aliphatic heterocycles. The summed E-state index contributed by atoms with van der Waals surface area (Å²) in [4.78, 5) is 0. The Labute approximate surface area is 349 Å². The Morgan fingerprint density at radius 2 is 0.883 bits per heavy atom. The van der Waals surface area contributed by atoms with Crippen LogP contribution in [0, 0.1) is 11.3 Å². The van der Waals surface area contributed by atoms with Crippen LogP contribution in [0.15, 0.2) is 206 Å². The lowest BCUT2D eigenvalue weighted by molar-refractivity contribution is 0.203. The third kappa shape index (κ3) is 6.30. The smallest absolute Gasteiger partial charge is 0.0991 e. The van der Waals surface area contributed by atoms with Crippen LogP contribution in [0.4, 0.5) is 0 Å². The minimum atomic E-state index is -0.142. The summed E-state index contributed by atoms with van der Waals surface area (Å²) in [6.07, 6.45) is -0.376. The van der Waals surface area contributed by atoms with Crippen LogP contribution in [0.5, 0.6) is 0 Å². The van der Waals surface area contributed by atoms with Crippen LogP contribution in [-0.2, 0) is 0 Å². The van der Waals surface area contributed by atoms with E-state index in [4.69, 9.17) is 0 Å². The van der Waals surface area contributed by atoms with Gasteiger partial charge in [-0.15, -0.1) is 0 Å². The quantitative estimate of drug-likeness (QED) is 0.116. The first-order chi connectivity index (χ1) is 29.7. The highest BCUT2D eigenvalue weighted by molar-refractivity contribution is 6.29. The first kappa shape index (κ1) is 35.7. The van der Waals surface area contributed by atoms with Gasteiger partial charge in [0.05, 0.1) is 30.1 Å². The maximum Gasteiger partial charge on any atom is 0.0991 e. The first-order valence-electron chi connectivity index (χ1n) is 20.6. The van der Waals surface area contributed by atoms with Gasteiger partial charge in [0, 0.05) is 0 Å². The Hall–Kier alpha value is -7.39. The molecule has 4 heteroatoms. The Morgan fingerprint density at radius 1 is 0.350 bits per heavy atom.